The molecule has 1 aromatic carbocycles. The largest absolute Gasteiger partial charge is 0.467 e. The standard InChI is InChI=1S/C15H22N2O4/c1-12(19)16-14(15(20)21-2)11-17(8-9-18)10-13-6-4-3-5-7-13/h3-7,14,18H,8-11H2,1-2H3,(H,16,19). The molecule has 0 radical (unpaired) electrons. The second kappa shape index (κ2) is 9.10. The third-order valence-corrected chi connectivity index (χ3v) is 2.97. The first kappa shape index (κ1) is 17.1. The van der Waals surface area contributed by atoms with Crippen molar-refractivity contribution in [2.24, 2.45) is 0 Å². The lowest BCUT2D eigenvalue weighted by Crippen LogP contribution is -2.48. The summed E-state index contributed by atoms with van der Waals surface area (Å²) in [6, 6.07) is 8.97. The normalized spacial score (nSPS) is 12.0. The summed E-state index contributed by atoms with van der Waals surface area (Å²) in [7, 11) is 1.28. The number of nitrogens with one attached hydrogen (secondary N) is 1. The minimum absolute atomic E-state index is 0.0270. The van der Waals surface area contributed by atoms with Crippen LogP contribution in [0.4, 0.5) is 0 Å². The summed E-state index contributed by atoms with van der Waals surface area (Å²) < 4.78 is 4.70. The van der Waals surface area contributed by atoms with Gasteiger partial charge in [-0.2, -0.15) is 0 Å². The van der Waals surface area contributed by atoms with Crippen LogP contribution in [-0.4, -0.2) is 54.7 Å². The second-order valence-corrected chi connectivity index (χ2v) is 4.72. The Kier molecular flexibility index (Phi) is 7.42. The first-order valence-electron chi connectivity index (χ1n) is 6.79. The van der Waals surface area contributed by atoms with Crippen molar-refractivity contribution in [3.63, 3.8) is 0 Å². The van der Waals surface area contributed by atoms with E-state index in [-0.39, 0.29) is 19.1 Å². The SMILES string of the molecule is COC(=O)C(CN(CCO)Cc1ccccc1)NC(C)=O. The van der Waals surface area contributed by atoms with Crippen molar-refractivity contribution < 1.29 is 19.4 Å². The number of aliphatic hydroxyl groups is 1. The highest BCUT2D eigenvalue weighted by Crippen LogP contribution is 2.05. The molecule has 6 nitrogen and oxygen atoms in total. The highest BCUT2D eigenvalue weighted by atomic mass is 16.5. The summed E-state index contributed by atoms with van der Waals surface area (Å²) >= 11 is 0. The number of methoxy groups -OCH3 is 1. The van der Waals surface area contributed by atoms with Crippen LogP contribution in [0.15, 0.2) is 30.3 Å². The van der Waals surface area contributed by atoms with Crippen LogP contribution in [0, 0.1) is 0 Å². The molecule has 0 fully saturated rings. The van der Waals surface area contributed by atoms with Gasteiger partial charge >= 0.3 is 5.97 Å². The number of benzene rings is 1. The van der Waals surface area contributed by atoms with Gasteiger partial charge in [-0.05, 0) is 5.56 Å². The number of nitrogens with zero attached hydrogens (tertiary/aromatic N) is 1. The molecule has 1 amide bonds. The Balaban J connectivity index is 2.73. The van der Waals surface area contributed by atoms with Crippen molar-refractivity contribution in [1.29, 1.82) is 0 Å². The smallest absolute Gasteiger partial charge is 0.329 e. The first-order chi connectivity index (χ1) is 10.1. The van der Waals surface area contributed by atoms with Crippen molar-refractivity contribution in [3.05, 3.63) is 35.9 Å². The Morgan fingerprint density at radius 3 is 2.52 bits per heavy atom. The number of amides is 1. The van der Waals surface area contributed by atoms with Crippen molar-refractivity contribution in [1.82, 2.24) is 10.2 Å². The molecule has 21 heavy (non-hydrogen) atoms. The molecular weight excluding hydrogens is 272 g/mol. The number of aliphatic hydroxyl groups excluding tert-OH is 1. The quantitative estimate of drug-likeness (QED) is 0.668. The zero-order valence-corrected chi connectivity index (χ0v) is 12.4. The molecule has 1 unspecified atom stereocenters. The predicted octanol–water partition coefficient (Wildman–Crippen LogP) is 0.159. The number of rotatable bonds is 8. The number of carbonyl (C=O) groups is 2. The predicted molar refractivity (Wildman–Crippen MR) is 78.4 cm³/mol. The van der Waals surface area contributed by atoms with Gasteiger partial charge in [0.1, 0.15) is 6.04 Å². The average molecular weight is 294 g/mol. The fourth-order valence-electron chi connectivity index (χ4n) is 2.04. The number of hydrogen-bond acceptors (Lipinski definition) is 5. The molecule has 0 aliphatic carbocycles. The molecule has 0 saturated heterocycles. The van der Waals surface area contributed by atoms with E-state index in [0.717, 1.165) is 5.56 Å². The van der Waals surface area contributed by atoms with Crippen LogP contribution in [0.3, 0.4) is 0 Å². The van der Waals surface area contributed by atoms with Crippen molar-refractivity contribution in [3.8, 4) is 0 Å². The summed E-state index contributed by atoms with van der Waals surface area (Å²) in [5.74, 6) is -0.796. The maximum Gasteiger partial charge on any atom is 0.329 e. The summed E-state index contributed by atoms with van der Waals surface area (Å²) in [6.07, 6.45) is 0. The minimum Gasteiger partial charge on any atom is -0.467 e. The van der Waals surface area contributed by atoms with E-state index in [0.29, 0.717) is 13.1 Å². The summed E-state index contributed by atoms with van der Waals surface area (Å²) in [5.41, 5.74) is 1.07. The maximum absolute atomic E-state index is 11.7. The molecule has 0 heterocycles. The van der Waals surface area contributed by atoms with Gasteiger partial charge in [0.25, 0.3) is 0 Å². The number of ether oxygens (including phenoxy) is 1. The Morgan fingerprint density at radius 2 is 2.00 bits per heavy atom. The van der Waals surface area contributed by atoms with E-state index in [2.05, 4.69) is 5.32 Å². The zero-order chi connectivity index (χ0) is 15.7. The second-order valence-electron chi connectivity index (χ2n) is 4.72. The van der Waals surface area contributed by atoms with Gasteiger partial charge in [-0.1, -0.05) is 30.3 Å². The van der Waals surface area contributed by atoms with Crippen molar-refractivity contribution >= 4 is 11.9 Å². The Morgan fingerprint density at radius 1 is 1.33 bits per heavy atom. The van der Waals surface area contributed by atoms with E-state index in [1.54, 1.807) is 0 Å². The van der Waals surface area contributed by atoms with Crippen LogP contribution in [-0.2, 0) is 20.9 Å². The fourth-order valence-corrected chi connectivity index (χ4v) is 2.04. The molecule has 2 N–H and O–H groups in total. The summed E-state index contributed by atoms with van der Waals surface area (Å²) in [6.45, 7) is 2.59. The molecule has 1 aromatic rings. The van der Waals surface area contributed by atoms with Gasteiger partial charge in [-0.3, -0.25) is 9.69 Å². The van der Waals surface area contributed by atoms with Gasteiger partial charge in [0, 0.05) is 26.6 Å². The van der Waals surface area contributed by atoms with Gasteiger partial charge < -0.3 is 15.2 Å². The lowest BCUT2D eigenvalue weighted by Gasteiger charge is -2.26. The molecule has 0 saturated carbocycles. The van der Waals surface area contributed by atoms with Gasteiger partial charge in [0.15, 0.2) is 0 Å². The summed E-state index contributed by atoms with van der Waals surface area (Å²) in [5, 5.41) is 11.7. The highest BCUT2D eigenvalue weighted by Gasteiger charge is 2.23. The average Bonchev–Trinajstić information content (AvgIpc) is 2.46. The van der Waals surface area contributed by atoms with Gasteiger partial charge in [0.2, 0.25) is 5.91 Å². The fraction of sp³-hybridized carbons (Fsp3) is 0.467. The lowest BCUT2D eigenvalue weighted by atomic mass is 10.2. The number of hydrogen-bond donors (Lipinski definition) is 2. The van der Waals surface area contributed by atoms with Crippen molar-refractivity contribution in [2.45, 2.75) is 19.5 Å². The molecule has 0 aliphatic heterocycles. The van der Waals surface area contributed by atoms with Gasteiger partial charge in [0.05, 0.1) is 13.7 Å². The molecule has 1 rings (SSSR count). The third kappa shape index (κ3) is 6.37. The number of esters is 1. The molecule has 0 aromatic heterocycles. The van der Waals surface area contributed by atoms with E-state index in [1.165, 1.54) is 14.0 Å². The van der Waals surface area contributed by atoms with Crippen LogP contribution in [0.25, 0.3) is 0 Å². The van der Waals surface area contributed by atoms with E-state index in [4.69, 9.17) is 9.84 Å². The van der Waals surface area contributed by atoms with E-state index >= 15 is 0 Å². The van der Waals surface area contributed by atoms with Gasteiger partial charge in [-0.25, -0.2) is 4.79 Å². The van der Waals surface area contributed by atoms with Crippen LogP contribution in [0.5, 0.6) is 0 Å². The third-order valence-electron chi connectivity index (χ3n) is 2.97. The molecule has 0 bridgehead atoms. The highest BCUT2D eigenvalue weighted by molar-refractivity contribution is 5.83. The summed E-state index contributed by atoms with van der Waals surface area (Å²) in [4.78, 5) is 24.8. The molecule has 116 valence electrons. The maximum atomic E-state index is 11.7. The van der Waals surface area contributed by atoms with Crippen LogP contribution in [0.1, 0.15) is 12.5 Å². The number of carbonyl (C=O) groups excluding carboxylic acids is 2. The molecule has 0 aliphatic rings. The Labute approximate surface area is 124 Å². The minimum atomic E-state index is -0.747. The Bertz CT molecular complexity index is 450. The monoisotopic (exact) mass is 294 g/mol. The lowest BCUT2D eigenvalue weighted by molar-refractivity contribution is -0.145. The molecular formula is C15H22N2O4. The van der Waals surface area contributed by atoms with Crippen LogP contribution >= 0.6 is 0 Å². The van der Waals surface area contributed by atoms with Crippen LogP contribution in [0.2, 0.25) is 0 Å². The molecule has 0 spiro atoms. The van der Waals surface area contributed by atoms with E-state index in [9.17, 15) is 9.59 Å². The molecule has 6 heteroatoms. The van der Waals surface area contributed by atoms with Crippen molar-refractivity contribution in [2.75, 3.05) is 26.8 Å². The van der Waals surface area contributed by atoms with Crippen LogP contribution < -0.4 is 5.32 Å². The van der Waals surface area contributed by atoms with E-state index in [1.807, 2.05) is 35.2 Å². The van der Waals surface area contributed by atoms with E-state index < -0.39 is 12.0 Å². The first-order valence-corrected chi connectivity index (χ1v) is 6.79. The zero-order valence-electron chi connectivity index (χ0n) is 12.4. The molecule has 1 atom stereocenters. The van der Waals surface area contributed by atoms with Gasteiger partial charge in [-0.15, -0.1) is 0 Å². The topological polar surface area (TPSA) is 78.9 Å². The Hall–Kier alpha value is -1.92.